The van der Waals surface area contributed by atoms with Gasteiger partial charge in [0.1, 0.15) is 0 Å². The van der Waals surface area contributed by atoms with Crippen LogP contribution in [0.3, 0.4) is 0 Å². The number of fused-ring (bicyclic) bond motifs is 3. The molecule has 2 aromatic carbocycles. The summed E-state index contributed by atoms with van der Waals surface area (Å²) in [6.07, 6.45) is 1.99. The predicted octanol–water partition coefficient (Wildman–Crippen LogP) is 3.91. The summed E-state index contributed by atoms with van der Waals surface area (Å²) in [6, 6.07) is 13.4. The van der Waals surface area contributed by atoms with Gasteiger partial charge < -0.3 is 9.88 Å². The molecule has 0 radical (unpaired) electrons. The Balaban J connectivity index is 2.34. The highest BCUT2D eigenvalue weighted by Crippen LogP contribution is 2.26. The van der Waals surface area contributed by atoms with Gasteiger partial charge in [-0.05, 0) is 36.1 Å². The van der Waals surface area contributed by atoms with Gasteiger partial charge in [-0.3, -0.25) is 9.59 Å². The zero-order valence-corrected chi connectivity index (χ0v) is 13.4. The van der Waals surface area contributed by atoms with Crippen LogP contribution >= 0.6 is 0 Å². The molecule has 0 aliphatic carbocycles. The fourth-order valence-corrected chi connectivity index (χ4v) is 2.97. The molecule has 0 bridgehead atoms. The van der Waals surface area contributed by atoms with Gasteiger partial charge in [0.05, 0.1) is 5.52 Å². The second-order valence-electron chi connectivity index (χ2n) is 5.77. The van der Waals surface area contributed by atoms with Gasteiger partial charge in [0.2, 0.25) is 5.91 Å². The van der Waals surface area contributed by atoms with Gasteiger partial charge in [-0.25, -0.2) is 0 Å². The molecule has 0 atom stereocenters. The number of aryl methyl sites for hydroxylation is 1. The molecule has 4 heteroatoms. The predicted molar refractivity (Wildman–Crippen MR) is 94.9 cm³/mol. The fourth-order valence-electron chi connectivity index (χ4n) is 2.97. The Labute approximate surface area is 134 Å². The smallest absolute Gasteiger partial charge is 0.258 e. The first kappa shape index (κ1) is 15.3. The number of nitrogens with zero attached hydrogens (tertiary/aromatic N) is 1. The van der Waals surface area contributed by atoms with Crippen LogP contribution in [0.5, 0.6) is 0 Å². The second kappa shape index (κ2) is 6.24. The molecule has 1 amide bonds. The number of hydrogen-bond donors (Lipinski definition) is 1. The lowest BCUT2D eigenvalue weighted by atomic mass is 10.0. The van der Waals surface area contributed by atoms with Crippen molar-refractivity contribution in [3.8, 4) is 0 Å². The Hall–Kier alpha value is -2.62. The summed E-state index contributed by atoms with van der Waals surface area (Å²) in [4.78, 5) is 24.1. The number of anilines is 1. The fraction of sp³-hybridized carbons (Fsp3) is 0.263. The van der Waals surface area contributed by atoms with Crippen molar-refractivity contribution in [1.82, 2.24) is 4.57 Å². The van der Waals surface area contributed by atoms with Gasteiger partial charge in [-0.15, -0.1) is 0 Å². The Kier molecular flexibility index (Phi) is 4.15. The average Bonchev–Trinajstić information content (AvgIpc) is 2.54. The quantitative estimate of drug-likeness (QED) is 0.743. The molecular weight excluding hydrogens is 288 g/mol. The van der Waals surface area contributed by atoms with E-state index in [2.05, 4.69) is 12.2 Å². The minimum Gasteiger partial charge on any atom is -0.326 e. The summed E-state index contributed by atoms with van der Waals surface area (Å²) in [7, 11) is 0. The Bertz CT molecular complexity index is 941. The van der Waals surface area contributed by atoms with Crippen molar-refractivity contribution in [3.05, 3.63) is 52.8 Å². The standard InChI is InChI=1S/C19H20N2O2/c1-3-4-11-21-18-10-9-14(20-13(2)22)12-17(18)15-7-5-6-8-16(15)19(21)23/h5-10,12H,3-4,11H2,1-2H3,(H,20,22). The summed E-state index contributed by atoms with van der Waals surface area (Å²) in [5.41, 5.74) is 1.71. The number of amides is 1. The number of carbonyl (C=O) groups is 1. The van der Waals surface area contributed by atoms with Crippen LogP contribution in [0, 0.1) is 0 Å². The molecule has 1 heterocycles. The van der Waals surface area contributed by atoms with Crippen molar-refractivity contribution < 1.29 is 4.79 Å². The molecule has 0 saturated heterocycles. The highest BCUT2D eigenvalue weighted by atomic mass is 16.1. The van der Waals surface area contributed by atoms with Gasteiger partial charge in [-0.2, -0.15) is 0 Å². The zero-order chi connectivity index (χ0) is 16.4. The first-order chi connectivity index (χ1) is 11.1. The number of pyridine rings is 1. The Morgan fingerprint density at radius 1 is 1.09 bits per heavy atom. The normalized spacial score (nSPS) is 11.0. The number of nitrogens with one attached hydrogen (secondary N) is 1. The SMILES string of the molecule is CCCCn1c(=O)c2ccccc2c2cc(NC(C)=O)ccc21. The topological polar surface area (TPSA) is 51.1 Å². The molecule has 0 unspecified atom stereocenters. The Morgan fingerprint density at radius 3 is 2.52 bits per heavy atom. The first-order valence-corrected chi connectivity index (χ1v) is 7.94. The highest BCUT2D eigenvalue weighted by Gasteiger charge is 2.11. The molecular formula is C19H20N2O2. The summed E-state index contributed by atoms with van der Waals surface area (Å²) >= 11 is 0. The molecule has 0 spiro atoms. The molecule has 1 N–H and O–H groups in total. The third-order valence-corrected chi connectivity index (χ3v) is 4.04. The van der Waals surface area contributed by atoms with Crippen LogP contribution in [0.2, 0.25) is 0 Å². The molecule has 3 rings (SSSR count). The molecule has 1 aromatic heterocycles. The molecule has 0 aliphatic heterocycles. The van der Waals surface area contributed by atoms with Crippen molar-refractivity contribution in [2.24, 2.45) is 0 Å². The van der Waals surface area contributed by atoms with Crippen LogP contribution in [0.15, 0.2) is 47.3 Å². The summed E-state index contributed by atoms with van der Waals surface area (Å²) in [6.45, 7) is 4.31. The summed E-state index contributed by atoms with van der Waals surface area (Å²) in [5.74, 6) is -0.104. The number of aromatic nitrogens is 1. The van der Waals surface area contributed by atoms with Gasteiger partial charge in [0, 0.05) is 29.9 Å². The highest BCUT2D eigenvalue weighted by molar-refractivity contribution is 6.07. The maximum atomic E-state index is 12.8. The second-order valence-corrected chi connectivity index (χ2v) is 5.77. The van der Waals surface area contributed by atoms with E-state index < -0.39 is 0 Å². The lowest BCUT2D eigenvalue weighted by molar-refractivity contribution is -0.114. The van der Waals surface area contributed by atoms with Crippen LogP contribution in [-0.2, 0) is 11.3 Å². The minimum atomic E-state index is -0.104. The maximum Gasteiger partial charge on any atom is 0.258 e. The van der Waals surface area contributed by atoms with Gasteiger partial charge in [-0.1, -0.05) is 31.5 Å². The van der Waals surface area contributed by atoms with Gasteiger partial charge >= 0.3 is 0 Å². The van der Waals surface area contributed by atoms with Crippen molar-refractivity contribution in [3.63, 3.8) is 0 Å². The van der Waals surface area contributed by atoms with E-state index in [1.54, 1.807) is 0 Å². The van der Waals surface area contributed by atoms with E-state index in [0.29, 0.717) is 6.54 Å². The van der Waals surface area contributed by atoms with Crippen LogP contribution in [0.1, 0.15) is 26.7 Å². The van der Waals surface area contributed by atoms with Crippen molar-refractivity contribution in [1.29, 1.82) is 0 Å². The summed E-state index contributed by atoms with van der Waals surface area (Å²) < 4.78 is 1.85. The number of carbonyl (C=O) groups excluding carboxylic acids is 1. The van der Waals surface area contributed by atoms with Crippen LogP contribution in [-0.4, -0.2) is 10.5 Å². The molecule has 4 nitrogen and oxygen atoms in total. The number of unbranched alkanes of at least 4 members (excludes halogenated alkanes) is 1. The number of hydrogen-bond acceptors (Lipinski definition) is 2. The zero-order valence-electron chi connectivity index (χ0n) is 13.4. The molecule has 118 valence electrons. The number of rotatable bonds is 4. The van der Waals surface area contributed by atoms with Gasteiger partial charge in [0.25, 0.3) is 5.56 Å². The largest absolute Gasteiger partial charge is 0.326 e. The van der Waals surface area contributed by atoms with E-state index >= 15 is 0 Å². The van der Waals surface area contributed by atoms with Crippen LogP contribution in [0.4, 0.5) is 5.69 Å². The van der Waals surface area contributed by atoms with E-state index in [1.165, 1.54) is 6.92 Å². The molecule has 0 saturated carbocycles. The maximum absolute atomic E-state index is 12.8. The van der Waals surface area contributed by atoms with E-state index in [-0.39, 0.29) is 11.5 Å². The lowest BCUT2D eigenvalue weighted by Gasteiger charge is -2.14. The summed E-state index contributed by atoms with van der Waals surface area (Å²) in [5, 5.41) is 5.44. The third-order valence-electron chi connectivity index (χ3n) is 4.04. The van der Waals surface area contributed by atoms with E-state index in [1.807, 2.05) is 47.0 Å². The first-order valence-electron chi connectivity index (χ1n) is 7.94. The molecule has 3 aromatic rings. The third kappa shape index (κ3) is 2.84. The lowest BCUT2D eigenvalue weighted by Crippen LogP contribution is -2.21. The van der Waals surface area contributed by atoms with Crippen molar-refractivity contribution in [2.45, 2.75) is 33.2 Å². The van der Waals surface area contributed by atoms with E-state index in [0.717, 1.165) is 40.2 Å². The van der Waals surface area contributed by atoms with Crippen molar-refractivity contribution in [2.75, 3.05) is 5.32 Å². The van der Waals surface area contributed by atoms with Crippen LogP contribution < -0.4 is 10.9 Å². The van der Waals surface area contributed by atoms with Crippen LogP contribution in [0.25, 0.3) is 21.7 Å². The van der Waals surface area contributed by atoms with Crippen molar-refractivity contribution >= 4 is 33.3 Å². The molecule has 0 aliphatic rings. The monoisotopic (exact) mass is 308 g/mol. The molecule has 0 fully saturated rings. The average molecular weight is 308 g/mol. The number of benzene rings is 2. The van der Waals surface area contributed by atoms with E-state index in [9.17, 15) is 9.59 Å². The van der Waals surface area contributed by atoms with Gasteiger partial charge in [0.15, 0.2) is 0 Å². The molecule has 23 heavy (non-hydrogen) atoms. The Morgan fingerprint density at radius 2 is 1.83 bits per heavy atom. The minimum absolute atomic E-state index is 0.0498. The van der Waals surface area contributed by atoms with E-state index in [4.69, 9.17) is 0 Å².